The van der Waals surface area contributed by atoms with Crippen LogP contribution in [0.1, 0.15) is 22.3 Å². The van der Waals surface area contributed by atoms with E-state index in [-0.39, 0.29) is 0 Å². The van der Waals surface area contributed by atoms with Gasteiger partial charge in [-0.3, -0.25) is 0 Å². The molecule has 332 valence electrons. The summed E-state index contributed by atoms with van der Waals surface area (Å²) < 4.78 is 2.47. The van der Waals surface area contributed by atoms with Crippen molar-refractivity contribution in [3.05, 3.63) is 301 Å². The Balaban J connectivity index is 0.852. The second kappa shape index (κ2) is 16.5. The second-order valence-electron chi connectivity index (χ2n) is 18.8. The Morgan fingerprint density at radius 2 is 0.873 bits per heavy atom. The minimum absolute atomic E-state index is 0.477. The van der Waals surface area contributed by atoms with Crippen LogP contribution in [0.3, 0.4) is 0 Å². The number of fused-ring (bicyclic) bond motifs is 9. The predicted molar refractivity (Wildman–Crippen MR) is 299 cm³/mol. The highest BCUT2D eigenvalue weighted by atomic mass is 15.1. The molecule has 0 atom stereocenters. The van der Waals surface area contributed by atoms with Crippen molar-refractivity contribution in [1.29, 1.82) is 0 Å². The van der Waals surface area contributed by atoms with Crippen LogP contribution >= 0.6 is 0 Å². The summed E-state index contributed by atoms with van der Waals surface area (Å²) in [4.78, 5) is 2.38. The van der Waals surface area contributed by atoms with Gasteiger partial charge in [-0.05, 0) is 139 Å². The zero-order chi connectivity index (χ0) is 46.9. The summed E-state index contributed by atoms with van der Waals surface area (Å²) in [7, 11) is 0. The number of anilines is 3. The van der Waals surface area contributed by atoms with E-state index in [2.05, 4.69) is 289 Å². The smallest absolute Gasteiger partial charge is 0.0714 e. The normalized spacial score (nSPS) is 12.6. The van der Waals surface area contributed by atoms with E-state index >= 15 is 0 Å². The summed E-state index contributed by atoms with van der Waals surface area (Å²) in [5.74, 6) is 0. The number of hydrogen-bond donors (Lipinski definition) is 0. The van der Waals surface area contributed by atoms with Crippen LogP contribution in [-0.2, 0) is 5.41 Å². The summed E-state index contributed by atoms with van der Waals surface area (Å²) in [6.45, 7) is 0. The second-order valence-corrected chi connectivity index (χ2v) is 18.8. The van der Waals surface area contributed by atoms with Gasteiger partial charge in [0.25, 0.3) is 0 Å². The van der Waals surface area contributed by atoms with Crippen molar-refractivity contribution in [2.45, 2.75) is 5.41 Å². The van der Waals surface area contributed by atoms with E-state index in [1.54, 1.807) is 0 Å². The Morgan fingerprint density at radius 1 is 0.296 bits per heavy atom. The van der Waals surface area contributed by atoms with Crippen LogP contribution in [0, 0.1) is 0 Å². The van der Waals surface area contributed by atoms with Crippen LogP contribution in [0.2, 0.25) is 0 Å². The first kappa shape index (κ1) is 40.8. The summed E-state index contributed by atoms with van der Waals surface area (Å²) >= 11 is 0. The van der Waals surface area contributed by atoms with Gasteiger partial charge in [0.2, 0.25) is 0 Å². The zero-order valence-electron chi connectivity index (χ0n) is 39.0. The fourth-order valence-corrected chi connectivity index (χ4v) is 11.9. The quantitative estimate of drug-likeness (QED) is 0.138. The fraction of sp³-hybridized carbons (Fsp3) is 0.0145. The van der Waals surface area contributed by atoms with Gasteiger partial charge in [-0.25, -0.2) is 0 Å². The number of nitrogens with zero attached hydrogens (tertiary/aromatic N) is 2. The maximum absolute atomic E-state index is 2.47. The molecule has 1 heterocycles. The number of rotatable bonds is 8. The Labute approximate surface area is 413 Å². The van der Waals surface area contributed by atoms with Crippen molar-refractivity contribution in [2.24, 2.45) is 0 Å². The molecule has 1 aromatic heterocycles. The first-order valence-corrected chi connectivity index (χ1v) is 24.6. The molecule has 0 unspecified atom stereocenters. The number of aromatic nitrogens is 1. The molecular weight excluding hydrogens is 857 g/mol. The largest absolute Gasteiger partial charge is 0.310 e. The van der Waals surface area contributed by atoms with Gasteiger partial charge in [0.05, 0.1) is 22.1 Å². The molecule has 0 amide bonds. The Morgan fingerprint density at radius 3 is 1.66 bits per heavy atom. The van der Waals surface area contributed by atoms with Crippen LogP contribution in [0.5, 0.6) is 0 Å². The van der Waals surface area contributed by atoms with Crippen molar-refractivity contribution in [3.8, 4) is 39.1 Å². The Hall–Kier alpha value is -9.24. The molecule has 0 bridgehead atoms. The molecule has 0 N–H and O–H groups in total. The summed E-state index contributed by atoms with van der Waals surface area (Å²) in [5, 5.41) is 7.45. The number of para-hydroxylation sites is 2. The average molecular weight is 903 g/mol. The lowest BCUT2D eigenvalue weighted by molar-refractivity contribution is 0.767. The van der Waals surface area contributed by atoms with Crippen LogP contribution < -0.4 is 4.90 Å². The standard InChI is InChI=1S/C69H46N2/c1-4-21-52(22-5-1)69(53-23-6-2-7-24-53)64-31-14-12-28-59(64)60-42-40-56(46-65(60)69)71-67-32-15-13-29-61(67)63-45-51(37-43-68(63)71)50-20-16-19-49(44-50)47-34-38-55(39-35-47)70(54-25-8-3-9-26-54)66-33-17-30-58-57-27-11-10-18-48(57)36-41-62(58)66/h1-46H. The monoisotopic (exact) mass is 902 g/mol. The van der Waals surface area contributed by atoms with Gasteiger partial charge in [0.1, 0.15) is 0 Å². The van der Waals surface area contributed by atoms with Gasteiger partial charge in [-0.2, -0.15) is 0 Å². The van der Waals surface area contributed by atoms with Gasteiger partial charge in [0, 0.05) is 33.2 Å². The summed E-state index contributed by atoms with van der Waals surface area (Å²) in [6.07, 6.45) is 0. The SMILES string of the molecule is c1ccc(N(c2ccc(-c3cccc(-c4ccc5c(c4)c4ccccc4n5-c4ccc5c(c4)C(c4ccccc4)(c4ccccc4)c4ccccc4-5)c3)cc2)c2cccc3c2ccc2ccccc23)cc1. The van der Waals surface area contributed by atoms with Gasteiger partial charge in [-0.15, -0.1) is 0 Å². The average Bonchev–Trinajstić information content (AvgIpc) is 3.94. The van der Waals surface area contributed by atoms with Crippen LogP contribution in [-0.4, -0.2) is 4.57 Å². The van der Waals surface area contributed by atoms with Crippen LogP contribution in [0.4, 0.5) is 17.1 Å². The van der Waals surface area contributed by atoms with E-state index in [9.17, 15) is 0 Å². The molecular formula is C69H46N2. The van der Waals surface area contributed by atoms with Crippen LogP contribution in [0.25, 0.3) is 82.4 Å². The molecule has 0 spiro atoms. The minimum atomic E-state index is -0.477. The molecule has 14 rings (SSSR count). The van der Waals surface area contributed by atoms with Crippen LogP contribution in [0.15, 0.2) is 279 Å². The van der Waals surface area contributed by atoms with Gasteiger partial charge in [0.15, 0.2) is 0 Å². The highest BCUT2D eigenvalue weighted by Crippen LogP contribution is 2.56. The number of benzene rings is 12. The predicted octanol–water partition coefficient (Wildman–Crippen LogP) is 18.3. The fourth-order valence-electron chi connectivity index (χ4n) is 11.9. The summed E-state index contributed by atoms with van der Waals surface area (Å²) in [5.41, 5.74) is 18.9. The lowest BCUT2D eigenvalue weighted by atomic mass is 9.67. The van der Waals surface area contributed by atoms with E-state index in [1.165, 1.54) is 99.0 Å². The molecule has 1 aliphatic carbocycles. The van der Waals surface area contributed by atoms with Crippen molar-refractivity contribution in [3.63, 3.8) is 0 Å². The first-order valence-electron chi connectivity index (χ1n) is 24.6. The third-order valence-corrected chi connectivity index (χ3v) is 15.0. The molecule has 2 nitrogen and oxygen atoms in total. The molecule has 2 heteroatoms. The van der Waals surface area contributed by atoms with E-state index in [4.69, 9.17) is 0 Å². The molecule has 0 radical (unpaired) electrons. The third-order valence-electron chi connectivity index (χ3n) is 15.0. The van der Waals surface area contributed by atoms with E-state index in [0.717, 1.165) is 22.7 Å². The van der Waals surface area contributed by atoms with E-state index in [1.807, 2.05) is 0 Å². The number of hydrogen-bond acceptors (Lipinski definition) is 1. The van der Waals surface area contributed by atoms with Crippen molar-refractivity contribution < 1.29 is 0 Å². The molecule has 71 heavy (non-hydrogen) atoms. The molecule has 0 aliphatic heterocycles. The van der Waals surface area contributed by atoms with E-state index in [0.29, 0.717) is 0 Å². The lowest BCUT2D eigenvalue weighted by Crippen LogP contribution is -2.28. The minimum Gasteiger partial charge on any atom is -0.310 e. The van der Waals surface area contributed by atoms with Gasteiger partial charge >= 0.3 is 0 Å². The zero-order valence-corrected chi connectivity index (χ0v) is 39.0. The molecule has 12 aromatic carbocycles. The Kier molecular flexibility index (Phi) is 9.47. The highest BCUT2D eigenvalue weighted by Gasteiger charge is 2.46. The Bertz CT molecular complexity index is 4110. The molecule has 0 saturated carbocycles. The van der Waals surface area contributed by atoms with Crippen molar-refractivity contribution in [2.75, 3.05) is 4.90 Å². The third kappa shape index (κ3) is 6.42. The maximum Gasteiger partial charge on any atom is 0.0714 e. The maximum atomic E-state index is 2.47. The summed E-state index contributed by atoms with van der Waals surface area (Å²) in [6, 6.07) is 103. The van der Waals surface area contributed by atoms with Crippen molar-refractivity contribution >= 4 is 60.4 Å². The first-order chi connectivity index (χ1) is 35.2. The molecule has 0 fully saturated rings. The highest BCUT2D eigenvalue weighted by molar-refractivity contribution is 6.13. The molecule has 1 aliphatic rings. The lowest BCUT2D eigenvalue weighted by Gasteiger charge is -2.34. The van der Waals surface area contributed by atoms with Gasteiger partial charge in [-0.1, -0.05) is 212 Å². The molecule has 13 aromatic rings. The van der Waals surface area contributed by atoms with Gasteiger partial charge < -0.3 is 9.47 Å². The van der Waals surface area contributed by atoms with E-state index < -0.39 is 5.41 Å². The van der Waals surface area contributed by atoms with Crippen molar-refractivity contribution in [1.82, 2.24) is 4.57 Å². The topological polar surface area (TPSA) is 8.17 Å². The molecule has 0 saturated heterocycles.